The van der Waals surface area contributed by atoms with Crippen LogP contribution in [-0.4, -0.2) is 48.9 Å². The third-order valence-electron chi connectivity index (χ3n) is 4.06. The van der Waals surface area contributed by atoms with E-state index in [1.807, 2.05) is 0 Å². The van der Waals surface area contributed by atoms with Gasteiger partial charge in [0.1, 0.15) is 13.1 Å². The van der Waals surface area contributed by atoms with Crippen LogP contribution in [-0.2, 0) is 4.79 Å². The molecule has 1 aliphatic heterocycles. The summed E-state index contributed by atoms with van der Waals surface area (Å²) in [7, 11) is 0. The van der Waals surface area contributed by atoms with Gasteiger partial charge in [-0.15, -0.1) is 0 Å². The Morgan fingerprint density at radius 3 is 2.85 bits per heavy atom. The first kappa shape index (κ1) is 16.9. The first-order valence-corrected chi connectivity index (χ1v) is 7.94. The minimum absolute atomic E-state index is 0.0571. The highest BCUT2D eigenvalue weighted by Gasteiger charge is 2.35. The maximum Gasteiger partial charge on any atom is 0.217 e. The van der Waals surface area contributed by atoms with Crippen molar-refractivity contribution in [3.8, 4) is 0 Å². The van der Waals surface area contributed by atoms with Crippen LogP contribution in [0.2, 0.25) is 0 Å². The lowest BCUT2D eigenvalue weighted by Crippen LogP contribution is -2.54. The van der Waals surface area contributed by atoms with E-state index in [4.69, 9.17) is 4.99 Å². The topological polar surface area (TPSA) is 41.5 Å². The lowest BCUT2D eigenvalue weighted by Gasteiger charge is -2.33. The lowest BCUT2D eigenvalue weighted by atomic mass is 10.1. The molecule has 0 bridgehead atoms. The number of carbonyl (C=O) groups is 1. The molecule has 0 saturated heterocycles. The van der Waals surface area contributed by atoms with Crippen LogP contribution in [0.25, 0.3) is 0 Å². The van der Waals surface area contributed by atoms with E-state index in [-0.39, 0.29) is 5.91 Å². The number of amidine groups is 1. The molecule has 1 atom stereocenters. The summed E-state index contributed by atoms with van der Waals surface area (Å²) in [5, 5.41) is 2.92. The van der Waals surface area contributed by atoms with Gasteiger partial charge in [-0.1, -0.05) is 19.1 Å². The Bertz CT molecular complexity index is 363. The number of amides is 1. The Hall–Kier alpha value is -1.16. The summed E-state index contributed by atoms with van der Waals surface area (Å²) in [4.78, 5) is 15.7. The van der Waals surface area contributed by atoms with E-state index in [0.29, 0.717) is 0 Å². The Morgan fingerprint density at radius 1 is 1.40 bits per heavy atom. The molecule has 114 valence electrons. The Labute approximate surface area is 123 Å². The van der Waals surface area contributed by atoms with E-state index in [2.05, 4.69) is 31.3 Å². The first-order valence-electron chi connectivity index (χ1n) is 7.94. The second-order valence-corrected chi connectivity index (χ2v) is 5.46. The summed E-state index contributed by atoms with van der Waals surface area (Å²) in [6, 6.07) is 0. The highest BCUT2D eigenvalue weighted by atomic mass is 16.1. The van der Waals surface area contributed by atoms with Crippen molar-refractivity contribution < 1.29 is 9.28 Å². The highest BCUT2D eigenvalue weighted by Crippen LogP contribution is 2.19. The third kappa shape index (κ3) is 5.08. The van der Waals surface area contributed by atoms with E-state index >= 15 is 0 Å². The van der Waals surface area contributed by atoms with Crippen LogP contribution in [0.15, 0.2) is 17.1 Å². The second-order valence-electron chi connectivity index (χ2n) is 5.46. The molecule has 0 aromatic rings. The smallest absolute Gasteiger partial charge is 0.217 e. The van der Waals surface area contributed by atoms with E-state index in [0.717, 1.165) is 56.5 Å². The molecule has 0 fully saturated rings. The summed E-state index contributed by atoms with van der Waals surface area (Å²) in [6.45, 7) is 10.8. The summed E-state index contributed by atoms with van der Waals surface area (Å²) in [5.74, 6) is 1.39. The van der Waals surface area contributed by atoms with Gasteiger partial charge in [-0.2, -0.15) is 0 Å². The zero-order chi connectivity index (χ0) is 14.8. The van der Waals surface area contributed by atoms with E-state index in [9.17, 15) is 4.79 Å². The van der Waals surface area contributed by atoms with Gasteiger partial charge in [-0.25, -0.2) is 4.99 Å². The van der Waals surface area contributed by atoms with Crippen molar-refractivity contribution in [3.05, 3.63) is 12.2 Å². The van der Waals surface area contributed by atoms with Crippen LogP contribution in [0.4, 0.5) is 0 Å². The fraction of sp³-hybridized carbons (Fsp3) is 0.750. The summed E-state index contributed by atoms with van der Waals surface area (Å²) in [6.07, 6.45) is 9.02. The molecular weight excluding hydrogens is 250 g/mol. The monoisotopic (exact) mass is 280 g/mol. The highest BCUT2D eigenvalue weighted by molar-refractivity contribution is 5.77. The van der Waals surface area contributed by atoms with Gasteiger partial charge in [0, 0.05) is 13.3 Å². The summed E-state index contributed by atoms with van der Waals surface area (Å²) < 4.78 is 0.970. The third-order valence-corrected chi connectivity index (χ3v) is 4.06. The molecular formula is C16H30N3O+. The number of aliphatic imine (C=N–C) groups is 1. The molecule has 1 aliphatic rings. The first-order chi connectivity index (χ1) is 9.64. The van der Waals surface area contributed by atoms with Gasteiger partial charge in [0.05, 0.1) is 19.6 Å². The maximum absolute atomic E-state index is 11.0. The molecule has 1 unspecified atom stereocenters. The number of nitrogens with one attached hydrogen (secondary N) is 1. The number of quaternary nitrogens is 1. The van der Waals surface area contributed by atoms with Crippen molar-refractivity contribution in [1.82, 2.24) is 5.32 Å². The molecule has 0 saturated carbocycles. The van der Waals surface area contributed by atoms with Crippen molar-refractivity contribution in [1.29, 1.82) is 0 Å². The molecule has 0 radical (unpaired) electrons. The number of likely N-dealkylation sites (N-methyl/N-ethyl adjacent to an activating group) is 1. The summed E-state index contributed by atoms with van der Waals surface area (Å²) in [5.41, 5.74) is 0. The molecule has 1 heterocycles. The molecule has 1 amide bonds. The van der Waals surface area contributed by atoms with Gasteiger partial charge in [-0.3, -0.25) is 9.28 Å². The van der Waals surface area contributed by atoms with Crippen molar-refractivity contribution in [2.45, 2.75) is 46.5 Å². The Kier molecular flexibility index (Phi) is 7.52. The van der Waals surface area contributed by atoms with Crippen molar-refractivity contribution in [2.75, 3.05) is 32.7 Å². The summed E-state index contributed by atoms with van der Waals surface area (Å²) >= 11 is 0. The van der Waals surface area contributed by atoms with Gasteiger partial charge in [-0.05, 0) is 26.2 Å². The number of nitrogens with zero attached hydrogens (tertiary/aromatic N) is 2. The number of unbranched alkanes of at least 4 members (excludes halogenated alkanes) is 1. The zero-order valence-electron chi connectivity index (χ0n) is 13.3. The van der Waals surface area contributed by atoms with Gasteiger partial charge in [0.15, 0.2) is 5.84 Å². The molecule has 4 nitrogen and oxygen atoms in total. The fourth-order valence-electron chi connectivity index (χ4n) is 2.81. The molecule has 20 heavy (non-hydrogen) atoms. The average Bonchev–Trinajstić information content (AvgIpc) is 2.82. The minimum atomic E-state index is 0.0571. The predicted molar refractivity (Wildman–Crippen MR) is 84.8 cm³/mol. The molecule has 0 aliphatic carbocycles. The number of allylic oxidation sites excluding steroid dienone is 2. The van der Waals surface area contributed by atoms with Crippen LogP contribution in [0.5, 0.6) is 0 Å². The SMILES string of the molecule is CC/C=C/CCCC1=NCC[N+]1(CC)CCNC(C)=O. The number of hydrogen-bond donors (Lipinski definition) is 1. The predicted octanol–water partition coefficient (Wildman–Crippen LogP) is 2.51. The average molecular weight is 280 g/mol. The number of carbonyl (C=O) groups excluding carboxylic acids is 1. The van der Waals surface area contributed by atoms with Crippen molar-refractivity contribution >= 4 is 11.7 Å². The largest absolute Gasteiger partial charge is 0.351 e. The van der Waals surface area contributed by atoms with Crippen LogP contribution in [0.3, 0.4) is 0 Å². The van der Waals surface area contributed by atoms with E-state index in [1.165, 1.54) is 12.3 Å². The van der Waals surface area contributed by atoms with E-state index in [1.54, 1.807) is 6.92 Å². The maximum atomic E-state index is 11.0. The van der Waals surface area contributed by atoms with Gasteiger partial charge >= 0.3 is 0 Å². The van der Waals surface area contributed by atoms with Gasteiger partial charge in [0.25, 0.3) is 0 Å². The Balaban J connectivity index is 2.46. The fourth-order valence-corrected chi connectivity index (χ4v) is 2.81. The quantitative estimate of drug-likeness (QED) is 0.393. The molecule has 0 aromatic heterocycles. The van der Waals surface area contributed by atoms with Gasteiger partial charge < -0.3 is 5.32 Å². The van der Waals surface area contributed by atoms with Crippen molar-refractivity contribution in [2.24, 2.45) is 4.99 Å². The van der Waals surface area contributed by atoms with Crippen LogP contribution in [0.1, 0.15) is 46.5 Å². The van der Waals surface area contributed by atoms with Crippen molar-refractivity contribution in [3.63, 3.8) is 0 Å². The minimum Gasteiger partial charge on any atom is -0.351 e. The number of hydrogen-bond acceptors (Lipinski definition) is 2. The Morgan fingerprint density at radius 2 is 2.20 bits per heavy atom. The lowest BCUT2D eigenvalue weighted by molar-refractivity contribution is -0.833. The normalized spacial score (nSPS) is 22.2. The van der Waals surface area contributed by atoms with Gasteiger partial charge in [0.2, 0.25) is 5.91 Å². The van der Waals surface area contributed by atoms with Crippen LogP contribution >= 0.6 is 0 Å². The van der Waals surface area contributed by atoms with Crippen LogP contribution in [0, 0.1) is 0 Å². The molecule has 1 rings (SSSR count). The molecule has 4 heteroatoms. The molecule has 1 N–H and O–H groups in total. The van der Waals surface area contributed by atoms with Crippen LogP contribution < -0.4 is 5.32 Å². The number of rotatable bonds is 9. The van der Waals surface area contributed by atoms with E-state index < -0.39 is 0 Å². The zero-order valence-corrected chi connectivity index (χ0v) is 13.3. The molecule has 0 spiro atoms. The standard InChI is InChI=1S/C16H29N3O/c1-4-6-7-8-9-10-16-18-12-14-19(16,5-2)13-11-17-15(3)20/h6-7H,4-5,8-14H2,1-3H3/p+1/b7-6+. The molecule has 0 aromatic carbocycles. The second kappa shape index (κ2) is 8.90.